The number of imidazole rings is 1. The van der Waals surface area contributed by atoms with Crippen molar-refractivity contribution in [3.8, 4) is 5.75 Å². The maximum absolute atomic E-state index is 15.3. The monoisotopic (exact) mass is 650 g/mol. The molecule has 0 bridgehead atoms. The molecule has 228 valence electrons. The minimum absolute atomic E-state index is 0.286. The number of hydrogen-bond acceptors (Lipinski definition) is 8. The molecule has 2 aromatic heterocycles. The smallest absolute Gasteiger partial charge is 0.318 e. The van der Waals surface area contributed by atoms with Gasteiger partial charge >= 0.3 is 8.03 Å². The largest absolute Gasteiger partial charge is 0.585 e. The third-order valence-corrected chi connectivity index (χ3v) is 11.7. The van der Waals surface area contributed by atoms with Gasteiger partial charge < -0.3 is 9.47 Å². The molecule has 0 saturated carbocycles. The van der Waals surface area contributed by atoms with Crippen molar-refractivity contribution in [2.45, 2.75) is 12.5 Å². The number of ether oxygens (including phenoxy) is 2. The van der Waals surface area contributed by atoms with Crippen LogP contribution in [0.2, 0.25) is 0 Å². The van der Waals surface area contributed by atoms with E-state index in [4.69, 9.17) is 18.7 Å². The Morgan fingerprint density at radius 3 is 1.96 bits per heavy atom. The Bertz CT molecular complexity index is 1960. The molecule has 6 aromatic rings. The Kier molecular flexibility index (Phi) is 8.59. The van der Waals surface area contributed by atoms with E-state index in [1.165, 1.54) is 23.3 Å². The van der Waals surface area contributed by atoms with Crippen LogP contribution in [0.4, 0.5) is 10.2 Å². The van der Waals surface area contributed by atoms with Crippen molar-refractivity contribution in [1.29, 1.82) is 0 Å². The minimum atomic E-state index is -2.65. The van der Waals surface area contributed by atoms with Crippen LogP contribution in [0.15, 0.2) is 151 Å². The van der Waals surface area contributed by atoms with Crippen LogP contribution in [0, 0.1) is 0 Å². The molecule has 3 heterocycles. The van der Waals surface area contributed by atoms with E-state index in [9.17, 15) is 4.57 Å². The summed E-state index contributed by atoms with van der Waals surface area (Å²) in [5.74, 6) is 0.224. The van der Waals surface area contributed by atoms with Crippen molar-refractivity contribution in [2.75, 3.05) is 6.35 Å². The van der Waals surface area contributed by atoms with Crippen LogP contribution >= 0.6 is 15.1 Å². The standard InChI is InChI=1S/C34H27FN5O4P2/c35-29-21-30(42-24-45(41)44-25-13-5-1-6-14-25)43-34(29)40-23-38-31-32(36-22-37-33(31)40)39-46(26-15-7-2-8-16-26,27-17-9-3-10-18-27)28-19-11-4-12-20-28/h1-23,30,34H,24H2/q+1/t30-,34?/m0/s1. The SMILES string of the molecule is O=[P+](CO[C@@H]1C=C(F)C(n2cnc3c(N=P(c4ccccc4)(c4ccccc4)c4ccccc4)ncnc32)O1)Oc1ccccc1. The van der Waals surface area contributed by atoms with Gasteiger partial charge in [0, 0.05) is 22.0 Å². The normalized spacial score (nSPS) is 16.6. The second-order valence-corrected chi connectivity index (χ2v) is 14.3. The van der Waals surface area contributed by atoms with Crippen LogP contribution in [0.25, 0.3) is 11.2 Å². The topological polar surface area (TPSA) is 101 Å². The molecule has 2 unspecified atom stereocenters. The van der Waals surface area contributed by atoms with Crippen molar-refractivity contribution < 1.29 is 23.0 Å². The van der Waals surface area contributed by atoms with Crippen LogP contribution in [0.1, 0.15) is 6.23 Å². The van der Waals surface area contributed by atoms with Gasteiger partial charge in [0.15, 0.2) is 41.1 Å². The van der Waals surface area contributed by atoms with Gasteiger partial charge in [0.25, 0.3) is 6.35 Å². The summed E-state index contributed by atoms with van der Waals surface area (Å²) in [5.41, 5.74) is 0.739. The molecule has 0 radical (unpaired) electrons. The van der Waals surface area contributed by atoms with Crippen LogP contribution in [0.5, 0.6) is 5.75 Å². The van der Waals surface area contributed by atoms with E-state index in [1.54, 1.807) is 24.3 Å². The lowest BCUT2D eigenvalue weighted by atomic mass is 10.3. The molecule has 0 aliphatic carbocycles. The van der Waals surface area contributed by atoms with Crippen molar-refractivity contribution >= 4 is 48.0 Å². The van der Waals surface area contributed by atoms with Crippen LogP contribution in [0.3, 0.4) is 0 Å². The molecule has 0 amide bonds. The average molecular weight is 651 g/mol. The summed E-state index contributed by atoms with van der Waals surface area (Å²) >= 11 is 0. The zero-order valence-corrected chi connectivity index (χ0v) is 26.1. The van der Waals surface area contributed by atoms with Crippen LogP contribution in [-0.2, 0) is 14.0 Å². The zero-order chi connectivity index (χ0) is 31.3. The molecule has 0 fully saturated rings. The van der Waals surface area contributed by atoms with E-state index in [0.717, 1.165) is 15.9 Å². The molecule has 46 heavy (non-hydrogen) atoms. The van der Waals surface area contributed by atoms with Gasteiger partial charge in [-0.15, -0.1) is 0 Å². The van der Waals surface area contributed by atoms with Gasteiger partial charge in [-0.3, -0.25) is 9.09 Å². The average Bonchev–Trinajstić information content (AvgIpc) is 3.71. The fourth-order valence-electron chi connectivity index (χ4n) is 5.27. The van der Waals surface area contributed by atoms with Crippen molar-refractivity contribution in [1.82, 2.24) is 19.5 Å². The number of fused-ring (bicyclic) bond motifs is 1. The number of benzene rings is 4. The second-order valence-electron chi connectivity index (χ2n) is 10.2. The third kappa shape index (κ3) is 5.91. The highest BCUT2D eigenvalue weighted by Gasteiger charge is 2.34. The minimum Gasteiger partial charge on any atom is -0.318 e. The molecule has 1 aliphatic heterocycles. The van der Waals surface area contributed by atoms with Gasteiger partial charge in [0.05, 0.1) is 13.4 Å². The summed E-state index contributed by atoms with van der Waals surface area (Å²) in [6.07, 6.45) is 1.47. The molecule has 4 aromatic carbocycles. The second kappa shape index (κ2) is 13.3. The first-order chi connectivity index (χ1) is 22.6. The highest BCUT2D eigenvalue weighted by atomic mass is 31.2. The van der Waals surface area contributed by atoms with Crippen LogP contribution < -0.4 is 20.4 Å². The Morgan fingerprint density at radius 2 is 1.37 bits per heavy atom. The van der Waals surface area contributed by atoms with Gasteiger partial charge in [-0.05, 0) is 16.7 Å². The molecule has 12 heteroatoms. The van der Waals surface area contributed by atoms with Gasteiger partial charge in [-0.25, -0.2) is 24.1 Å². The first-order valence-corrected chi connectivity index (χ1v) is 17.5. The van der Waals surface area contributed by atoms with Gasteiger partial charge in [0.1, 0.15) is 6.33 Å². The Balaban J connectivity index is 1.24. The summed E-state index contributed by atoms with van der Waals surface area (Å²) in [6.45, 7) is 0. The zero-order valence-electron chi connectivity index (χ0n) is 24.3. The van der Waals surface area contributed by atoms with E-state index in [2.05, 4.69) is 51.4 Å². The Labute approximate surface area is 265 Å². The molecule has 0 saturated heterocycles. The maximum atomic E-state index is 15.3. The van der Waals surface area contributed by atoms with E-state index in [-0.39, 0.29) is 6.35 Å². The number of aromatic nitrogens is 4. The molecule has 1 aliphatic rings. The maximum Gasteiger partial charge on any atom is 0.585 e. The molecule has 9 nitrogen and oxygen atoms in total. The number of hydrogen-bond donors (Lipinski definition) is 0. The first-order valence-electron chi connectivity index (χ1n) is 14.4. The predicted molar refractivity (Wildman–Crippen MR) is 176 cm³/mol. The Hall–Kier alpha value is -4.85. The number of nitrogens with zero attached hydrogens (tertiary/aromatic N) is 5. The molecule has 3 atom stereocenters. The summed E-state index contributed by atoms with van der Waals surface area (Å²) < 4.78 is 51.4. The van der Waals surface area contributed by atoms with Crippen molar-refractivity contribution in [2.24, 2.45) is 4.74 Å². The highest BCUT2D eigenvalue weighted by Crippen LogP contribution is 2.49. The van der Waals surface area contributed by atoms with Crippen molar-refractivity contribution in [3.63, 3.8) is 0 Å². The van der Waals surface area contributed by atoms with Crippen LogP contribution in [-0.4, -0.2) is 32.2 Å². The van der Waals surface area contributed by atoms with Gasteiger partial charge in [-0.1, -0.05) is 109 Å². The fraction of sp³-hybridized carbons (Fsp3) is 0.0882. The number of rotatable bonds is 10. The lowest BCUT2D eigenvalue weighted by molar-refractivity contribution is -0.128. The van der Waals surface area contributed by atoms with Crippen molar-refractivity contribution in [3.05, 3.63) is 146 Å². The molecule has 7 rings (SSSR count). The molecular weight excluding hydrogens is 623 g/mol. The summed E-state index contributed by atoms with van der Waals surface area (Å²) in [6, 6.07) is 39.2. The van der Waals surface area contributed by atoms with E-state index >= 15 is 4.39 Å². The molecule has 0 spiro atoms. The summed E-state index contributed by atoms with van der Waals surface area (Å²) in [7, 11) is -4.86. The van der Waals surface area contributed by atoms with Gasteiger partial charge in [0.2, 0.25) is 0 Å². The van der Waals surface area contributed by atoms with E-state index in [1.807, 2.05) is 60.7 Å². The Morgan fingerprint density at radius 1 is 0.804 bits per heavy atom. The fourth-order valence-corrected chi connectivity index (χ4v) is 9.43. The number of halogens is 1. The summed E-state index contributed by atoms with van der Waals surface area (Å²) in [4.78, 5) is 13.6. The van der Waals surface area contributed by atoms with Gasteiger partial charge in [-0.2, -0.15) is 0 Å². The van der Waals surface area contributed by atoms with E-state index < -0.39 is 33.4 Å². The molecule has 0 N–H and O–H groups in total. The third-order valence-electron chi connectivity index (χ3n) is 7.32. The lowest BCUT2D eigenvalue weighted by Crippen LogP contribution is -2.25. The first kappa shape index (κ1) is 29.8. The number of para-hydroxylation sites is 1. The summed E-state index contributed by atoms with van der Waals surface area (Å²) in [5, 5.41) is 3.13. The quantitative estimate of drug-likeness (QED) is 0.145. The lowest BCUT2D eigenvalue weighted by Gasteiger charge is -2.26. The molecular formula is C34H27FN5O4P2+. The predicted octanol–water partition coefficient (Wildman–Crippen LogP) is 7.14. The highest BCUT2D eigenvalue weighted by molar-refractivity contribution is 7.87. The van der Waals surface area contributed by atoms with E-state index in [0.29, 0.717) is 22.7 Å².